The second-order valence-corrected chi connectivity index (χ2v) is 3.90. The van der Waals surface area contributed by atoms with Gasteiger partial charge in [-0.05, 0) is 19.3 Å². The van der Waals surface area contributed by atoms with Gasteiger partial charge in [-0.2, -0.15) is 0 Å². The number of nitrogens with one attached hydrogen (secondary N) is 1. The highest BCUT2D eigenvalue weighted by Crippen LogP contribution is 2.12. The Morgan fingerprint density at radius 2 is 2.17 bits per heavy atom. The van der Waals surface area contributed by atoms with Gasteiger partial charge in [0.2, 0.25) is 0 Å². The van der Waals surface area contributed by atoms with Gasteiger partial charge in [-0.15, -0.1) is 0 Å². The minimum atomic E-state index is 0.100. The first-order valence-electron chi connectivity index (χ1n) is 4.65. The van der Waals surface area contributed by atoms with Crippen LogP contribution in [0.15, 0.2) is 0 Å². The van der Waals surface area contributed by atoms with E-state index in [4.69, 9.17) is 0 Å². The summed E-state index contributed by atoms with van der Waals surface area (Å²) in [5, 5.41) is 2.81. The van der Waals surface area contributed by atoms with Crippen LogP contribution in [0.3, 0.4) is 0 Å². The fourth-order valence-electron chi connectivity index (χ4n) is 1.72. The molecule has 1 rings (SSSR count). The molecule has 1 N–H and O–H groups in total. The Morgan fingerprint density at radius 1 is 1.50 bits per heavy atom. The van der Waals surface area contributed by atoms with Crippen LogP contribution < -0.4 is 5.32 Å². The predicted molar refractivity (Wildman–Crippen MR) is 49.0 cm³/mol. The Morgan fingerprint density at radius 3 is 2.58 bits per heavy atom. The molecule has 0 bridgehead atoms. The average Bonchev–Trinajstić information content (AvgIpc) is 2.33. The van der Waals surface area contributed by atoms with Crippen LogP contribution in [0.1, 0.15) is 27.2 Å². The van der Waals surface area contributed by atoms with Crippen molar-refractivity contribution in [1.29, 1.82) is 0 Å². The van der Waals surface area contributed by atoms with E-state index >= 15 is 0 Å². The number of rotatable bonds is 3. The maximum Gasteiger partial charge on any atom is 0.317 e. The molecule has 1 heterocycles. The number of nitrogens with zero attached hydrogens (tertiary/aromatic N) is 1. The Labute approximate surface area is 74.1 Å². The average molecular weight is 170 g/mol. The van der Waals surface area contributed by atoms with Crippen molar-refractivity contribution in [2.24, 2.45) is 5.92 Å². The van der Waals surface area contributed by atoms with Crippen molar-refractivity contribution in [2.75, 3.05) is 13.1 Å². The zero-order valence-electron chi connectivity index (χ0n) is 8.13. The van der Waals surface area contributed by atoms with Crippen molar-refractivity contribution in [3.8, 4) is 0 Å². The molecule has 1 aliphatic rings. The number of hydrogen-bond donors (Lipinski definition) is 1. The lowest BCUT2D eigenvalue weighted by atomic mass is 10.0. The van der Waals surface area contributed by atoms with Gasteiger partial charge in [0, 0.05) is 19.1 Å². The summed E-state index contributed by atoms with van der Waals surface area (Å²) in [4.78, 5) is 13.1. The first kappa shape index (κ1) is 9.36. The molecule has 0 saturated carbocycles. The summed E-state index contributed by atoms with van der Waals surface area (Å²) >= 11 is 0. The maximum atomic E-state index is 11.2. The zero-order chi connectivity index (χ0) is 9.14. The van der Waals surface area contributed by atoms with E-state index < -0.39 is 0 Å². The third-order valence-corrected chi connectivity index (χ3v) is 2.23. The molecule has 0 spiro atoms. The van der Waals surface area contributed by atoms with Gasteiger partial charge in [0.25, 0.3) is 0 Å². The standard InChI is InChI=1S/C9H18N2O/c1-7(2)6-8(3)11-5-4-10-9(11)12/h7-8H,4-6H2,1-3H3,(H,10,12). The first-order valence-corrected chi connectivity index (χ1v) is 4.65. The fourth-order valence-corrected chi connectivity index (χ4v) is 1.72. The van der Waals surface area contributed by atoms with Gasteiger partial charge in [0.05, 0.1) is 0 Å². The highest BCUT2D eigenvalue weighted by Gasteiger charge is 2.24. The van der Waals surface area contributed by atoms with Crippen LogP contribution in [0.2, 0.25) is 0 Å². The molecule has 1 unspecified atom stereocenters. The topological polar surface area (TPSA) is 32.3 Å². The second-order valence-electron chi connectivity index (χ2n) is 3.90. The molecule has 1 fully saturated rings. The summed E-state index contributed by atoms with van der Waals surface area (Å²) in [5.74, 6) is 0.661. The van der Waals surface area contributed by atoms with Crippen molar-refractivity contribution < 1.29 is 4.79 Å². The van der Waals surface area contributed by atoms with Crippen molar-refractivity contribution in [3.05, 3.63) is 0 Å². The molecule has 1 saturated heterocycles. The quantitative estimate of drug-likeness (QED) is 0.683. The molecule has 0 aromatic heterocycles. The monoisotopic (exact) mass is 170 g/mol. The van der Waals surface area contributed by atoms with Crippen LogP contribution in [0.5, 0.6) is 0 Å². The van der Waals surface area contributed by atoms with E-state index in [2.05, 4.69) is 26.1 Å². The van der Waals surface area contributed by atoms with Crippen molar-refractivity contribution in [3.63, 3.8) is 0 Å². The molecule has 0 aromatic rings. The van der Waals surface area contributed by atoms with E-state index in [9.17, 15) is 4.79 Å². The zero-order valence-corrected chi connectivity index (χ0v) is 8.13. The van der Waals surface area contributed by atoms with Gasteiger partial charge in [0.1, 0.15) is 0 Å². The smallest absolute Gasteiger partial charge is 0.317 e. The minimum Gasteiger partial charge on any atom is -0.336 e. The van der Waals surface area contributed by atoms with Gasteiger partial charge >= 0.3 is 6.03 Å². The summed E-state index contributed by atoms with van der Waals surface area (Å²) < 4.78 is 0. The molecule has 0 aliphatic carbocycles. The molecule has 3 nitrogen and oxygen atoms in total. The fraction of sp³-hybridized carbons (Fsp3) is 0.889. The normalized spacial score (nSPS) is 20.0. The molecule has 2 amide bonds. The largest absolute Gasteiger partial charge is 0.336 e. The number of hydrogen-bond acceptors (Lipinski definition) is 1. The summed E-state index contributed by atoms with van der Waals surface area (Å²) in [6, 6.07) is 0.482. The molecule has 70 valence electrons. The summed E-state index contributed by atoms with van der Waals surface area (Å²) in [7, 11) is 0. The molecule has 12 heavy (non-hydrogen) atoms. The van der Waals surface area contributed by atoms with Crippen LogP contribution in [0, 0.1) is 5.92 Å². The van der Waals surface area contributed by atoms with E-state index in [1.54, 1.807) is 0 Å². The number of amides is 2. The van der Waals surface area contributed by atoms with Crippen molar-refractivity contribution in [1.82, 2.24) is 10.2 Å². The lowest BCUT2D eigenvalue weighted by Crippen LogP contribution is -2.36. The molecular formula is C9H18N2O. The Kier molecular flexibility index (Phi) is 2.95. The Balaban J connectivity index is 2.40. The first-order chi connectivity index (χ1) is 5.61. The second kappa shape index (κ2) is 3.78. The lowest BCUT2D eigenvalue weighted by molar-refractivity contribution is 0.194. The van der Waals surface area contributed by atoms with E-state index in [0.29, 0.717) is 12.0 Å². The number of carbonyl (C=O) groups excluding carboxylic acids is 1. The Bertz CT molecular complexity index is 168. The maximum absolute atomic E-state index is 11.2. The molecule has 0 aromatic carbocycles. The van der Waals surface area contributed by atoms with Gasteiger partial charge in [0.15, 0.2) is 0 Å². The number of urea groups is 1. The molecule has 1 aliphatic heterocycles. The van der Waals surface area contributed by atoms with E-state index in [0.717, 1.165) is 19.5 Å². The van der Waals surface area contributed by atoms with Gasteiger partial charge < -0.3 is 10.2 Å². The van der Waals surface area contributed by atoms with E-state index in [1.165, 1.54) is 0 Å². The predicted octanol–water partition coefficient (Wildman–Crippen LogP) is 1.45. The molecule has 1 atom stereocenters. The van der Waals surface area contributed by atoms with Gasteiger partial charge in [-0.1, -0.05) is 13.8 Å². The van der Waals surface area contributed by atoms with Crippen LogP contribution in [-0.4, -0.2) is 30.1 Å². The van der Waals surface area contributed by atoms with Crippen molar-refractivity contribution in [2.45, 2.75) is 33.2 Å². The van der Waals surface area contributed by atoms with Crippen LogP contribution >= 0.6 is 0 Å². The molecule has 0 radical (unpaired) electrons. The van der Waals surface area contributed by atoms with Crippen LogP contribution in [0.25, 0.3) is 0 Å². The van der Waals surface area contributed by atoms with Gasteiger partial charge in [-0.3, -0.25) is 0 Å². The third kappa shape index (κ3) is 2.13. The summed E-state index contributed by atoms with van der Waals surface area (Å²) in [6.45, 7) is 8.16. The minimum absolute atomic E-state index is 0.100. The highest BCUT2D eigenvalue weighted by molar-refractivity contribution is 5.76. The summed E-state index contributed by atoms with van der Waals surface area (Å²) in [6.07, 6.45) is 1.09. The van der Waals surface area contributed by atoms with Crippen LogP contribution in [-0.2, 0) is 0 Å². The summed E-state index contributed by atoms with van der Waals surface area (Å²) in [5.41, 5.74) is 0. The SMILES string of the molecule is CC(C)CC(C)N1CCNC1=O. The molecular weight excluding hydrogens is 152 g/mol. The number of carbonyl (C=O) groups is 1. The van der Waals surface area contributed by atoms with Crippen LogP contribution in [0.4, 0.5) is 4.79 Å². The third-order valence-electron chi connectivity index (χ3n) is 2.23. The van der Waals surface area contributed by atoms with Crippen molar-refractivity contribution >= 4 is 6.03 Å². The Hall–Kier alpha value is -0.730. The lowest BCUT2D eigenvalue weighted by Gasteiger charge is -2.24. The highest BCUT2D eigenvalue weighted by atomic mass is 16.2. The molecule has 3 heteroatoms. The van der Waals surface area contributed by atoms with Gasteiger partial charge in [-0.25, -0.2) is 4.79 Å². The van der Waals surface area contributed by atoms with E-state index in [-0.39, 0.29) is 6.03 Å². The van der Waals surface area contributed by atoms with E-state index in [1.807, 2.05) is 4.90 Å².